The number of rotatable bonds is 4. The molecular formula is C12H12BrN5O3. The molecule has 0 aliphatic heterocycles. The third kappa shape index (κ3) is 3.43. The first-order valence-corrected chi connectivity index (χ1v) is 6.85. The lowest BCUT2D eigenvalue weighted by atomic mass is 10.2. The molecule has 0 aliphatic carbocycles. The van der Waals surface area contributed by atoms with Gasteiger partial charge in [-0.05, 0) is 28.1 Å². The van der Waals surface area contributed by atoms with Crippen LogP contribution in [0.2, 0.25) is 0 Å². The van der Waals surface area contributed by atoms with Crippen LogP contribution >= 0.6 is 15.9 Å². The molecule has 0 spiro atoms. The largest absolute Gasteiger partial charge is 0.319 e. The highest BCUT2D eigenvalue weighted by Gasteiger charge is 2.17. The molecule has 0 aliphatic rings. The van der Waals surface area contributed by atoms with Gasteiger partial charge < -0.3 is 5.32 Å². The lowest BCUT2D eigenvalue weighted by Gasteiger charge is -2.03. The number of nitro groups is 1. The maximum Gasteiger partial charge on any atom is 0.295 e. The Morgan fingerprint density at radius 2 is 2.19 bits per heavy atom. The molecule has 1 aromatic carbocycles. The van der Waals surface area contributed by atoms with Gasteiger partial charge in [-0.2, -0.15) is 0 Å². The van der Waals surface area contributed by atoms with Gasteiger partial charge >= 0.3 is 0 Å². The van der Waals surface area contributed by atoms with Gasteiger partial charge in [0.1, 0.15) is 5.82 Å². The highest BCUT2D eigenvalue weighted by Crippen LogP contribution is 2.27. The smallest absolute Gasteiger partial charge is 0.295 e. The summed E-state index contributed by atoms with van der Waals surface area (Å²) in [5.74, 6) is 0.175. The predicted molar refractivity (Wildman–Crippen MR) is 79.2 cm³/mol. The van der Waals surface area contributed by atoms with Gasteiger partial charge in [0.2, 0.25) is 5.82 Å². The van der Waals surface area contributed by atoms with E-state index < -0.39 is 10.8 Å². The van der Waals surface area contributed by atoms with Gasteiger partial charge in [-0.1, -0.05) is 13.8 Å². The van der Waals surface area contributed by atoms with E-state index in [0.717, 1.165) is 0 Å². The summed E-state index contributed by atoms with van der Waals surface area (Å²) >= 11 is 3.08. The van der Waals surface area contributed by atoms with Crippen molar-refractivity contribution in [2.75, 3.05) is 5.32 Å². The number of halogens is 1. The van der Waals surface area contributed by atoms with Gasteiger partial charge in [0, 0.05) is 17.7 Å². The number of H-pyrrole nitrogens is 1. The maximum atomic E-state index is 12.0. The van der Waals surface area contributed by atoms with Crippen LogP contribution < -0.4 is 5.32 Å². The number of nitrogens with zero attached hydrogens (tertiary/aromatic N) is 3. The highest BCUT2D eigenvalue weighted by molar-refractivity contribution is 9.10. The Bertz CT molecular complexity index is 698. The summed E-state index contributed by atoms with van der Waals surface area (Å²) in [5, 5.41) is 19.9. The molecule has 0 atom stereocenters. The van der Waals surface area contributed by atoms with Crippen molar-refractivity contribution in [3.8, 4) is 0 Å². The molecule has 110 valence electrons. The van der Waals surface area contributed by atoms with Crippen LogP contribution in [0.1, 0.15) is 36.2 Å². The van der Waals surface area contributed by atoms with Crippen LogP contribution in [0.25, 0.3) is 0 Å². The molecular weight excluding hydrogens is 342 g/mol. The van der Waals surface area contributed by atoms with Crippen LogP contribution in [0.5, 0.6) is 0 Å². The summed E-state index contributed by atoms with van der Waals surface area (Å²) in [6.45, 7) is 3.83. The Morgan fingerprint density at radius 3 is 2.76 bits per heavy atom. The normalized spacial score (nSPS) is 10.7. The van der Waals surface area contributed by atoms with Gasteiger partial charge in [0.05, 0.1) is 9.40 Å². The minimum absolute atomic E-state index is 0.00993. The number of carbonyl (C=O) groups excluding carboxylic acids is 1. The first kappa shape index (κ1) is 15.1. The van der Waals surface area contributed by atoms with Crippen molar-refractivity contribution in [2.24, 2.45) is 0 Å². The average Bonchev–Trinajstić information content (AvgIpc) is 2.90. The molecule has 2 rings (SSSR count). The molecule has 0 saturated heterocycles. The highest BCUT2D eigenvalue weighted by atomic mass is 79.9. The molecule has 0 saturated carbocycles. The zero-order valence-corrected chi connectivity index (χ0v) is 12.8. The zero-order chi connectivity index (χ0) is 15.6. The lowest BCUT2D eigenvalue weighted by molar-refractivity contribution is -0.385. The molecule has 9 heteroatoms. The second-order valence-corrected chi connectivity index (χ2v) is 5.43. The van der Waals surface area contributed by atoms with Crippen molar-refractivity contribution in [3.63, 3.8) is 0 Å². The zero-order valence-electron chi connectivity index (χ0n) is 11.3. The summed E-state index contributed by atoms with van der Waals surface area (Å²) in [5.41, 5.74) is 0.163. The van der Waals surface area contributed by atoms with E-state index in [4.69, 9.17) is 0 Å². The minimum atomic E-state index is -0.538. The average molecular weight is 354 g/mol. The summed E-state index contributed by atoms with van der Waals surface area (Å²) in [4.78, 5) is 26.3. The number of amides is 1. The van der Waals surface area contributed by atoms with Gasteiger partial charge in [0.15, 0.2) is 0 Å². The molecule has 21 heavy (non-hydrogen) atoms. The third-order valence-electron chi connectivity index (χ3n) is 2.65. The van der Waals surface area contributed by atoms with Gasteiger partial charge in [-0.15, -0.1) is 5.10 Å². The van der Waals surface area contributed by atoms with Crippen LogP contribution in [0, 0.1) is 10.1 Å². The second kappa shape index (κ2) is 6.00. The predicted octanol–water partition coefficient (Wildman–Crippen LogP) is 2.85. The number of benzene rings is 1. The minimum Gasteiger partial charge on any atom is -0.319 e. The first-order chi connectivity index (χ1) is 9.88. The number of carbonyl (C=O) groups is 1. The van der Waals surface area contributed by atoms with Gasteiger partial charge in [0.25, 0.3) is 11.6 Å². The van der Waals surface area contributed by atoms with Crippen LogP contribution in [-0.4, -0.2) is 26.0 Å². The fraction of sp³-hybridized carbons (Fsp3) is 0.250. The second-order valence-electron chi connectivity index (χ2n) is 4.58. The number of nitro benzene ring substituents is 1. The van der Waals surface area contributed by atoms with Crippen molar-refractivity contribution in [2.45, 2.75) is 19.8 Å². The standard InChI is InChI=1S/C12H12BrN5O3/c1-6(2)10-15-11(17-16-10)12(19)14-7-3-4-8(13)9(5-7)18(20)21/h3-6H,1-2H3,(H,14,19)(H,15,16,17). The molecule has 1 heterocycles. The van der Waals surface area contributed by atoms with Crippen LogP contribution in [-0.2, 0) is 0 Å². The third-order valence-corrected chi connectivity index (χ3v) is 3.32. The Balaban J connectivity index is 2.19. The van der Waals surface area contributed by atoms with E-state index in [1.807, 2.05) is 13.8 Å². The Kier molecular flexibility index (Phi) is 4.32. The molecule has 1 amide bonds. The van der Waals surface area contributed by atoms with Crippen LogP contribution in [0.15, 0.2) is 22.7 Å². The van der Waals surface area contributed by atoms with Crippen LogP contribution in [0.4, 0.5) is 11.4 Å². The van der Waals surface area contributed by atoms with E-state index in [9.17, 15) is 14.9 Å². The molecule has 0 fully saturated rings. The number of nitrogens with one attached hydrogen (secondary N) is 2. The summed E-state index contributed by atoms with van der Waals surface area (Å²) in [6, 6.07) is 4.30. The number of aromatic amines is 1. The molecule has 2 aromatic rings. The fourth-order valence-corrected chi connectivity index (χ4v) is 1.94. The Hall–Kier alpha value is -2.29. The molecule has 8 nitrogen and oxygen atoms in total. The summed E-state index contributed by atoms with van der Waals surface area (Å²) < 4.78 is 0.338. The molecule has 0 unspecified atom stereocenters. The fourth-order valence-electron chi connectivity index (χ4n) is 1.55. The van der Waals surface area contributed by atoms with Crippen molar-refractivity contribution >= 4 is 33.2 Å². The van der Waals surface area contributed by atoms with Gasteiger partial charge in [-0.25, -0.2) is 4.98 Å². The van der Waals surface area contributed by atoms with Crippen molar-refractivity contribution in [1.29, 1.82) is 0 Å². The monoisotopic (exact) mass is 353 g/mol. The SMILES string of the molecule is CC(C)c1nc(C(=O)Nc2ccc(Br)c([N+](=O)[O-])c2)n[nH]1. The summed E-state index contributed by atoms with van der Waals surface area (Å²) in [7, 11) is 0. The van der Waals surface area contributed by atoms with E-state index in [2.05, 4.69) is 36.4 Å². The van der Waals surface area contributed by atoms with Crippen molar-refractivity contribution < 1.29 is 9.72 Å². The topological polar surface area (TPSA) is 114 Å². The number of hydrogen-bond donors (Lipinski definition) is 2. The molecule has 0 radical (unpaired) electrons. The van der Waals surface area contributed by atoms with E-state index in [-0.39, 0.29) is 17.4 Å². The van der Waals surface area contributed by atoms with Crippen molar-refractivity contribution in [3.05, 3.63) is 44.4 Å². The first-order valence-electron chi connectivity index (χ1n) is 6.06. The van der Waals surface area contributed by atoms with E-state index >= 15 is 0 Å². The maximum absolute atomic E-state index is 12.0. The van der Waals surface area contributed by atoms with Crippen molar-refractivity contribution in [1.82, 2.24) is 15.2 Å². The molecule has 2 N–H and O–H groups in total. The molecule has 1 aromatic heterocycles. The van der Waals surface area contributed by atoms with E-state index in [1.54, 1.807) is 6.07 Å². The van der Waals surface area contributed by atoms with E-state index in [0.29, 0.717) is 16.0 Å². The quantitative estimate of drug-likeness (QED) is 0.647. The summed E-state index contributed by atoms with van der Waals surface area (Å²) in [6.07, 6.45) is 0. The number of anilines is 1. The van der Waals surface area contributed by atoms with Gasteiger partial charge in [-0.3, -0.25) is 20.0 Å². The molecule has 0 bridgehead atoms. The Labute approximate surface area is 128 Å². The van der Waals surface area contributed by atoms with Crippen LogP contribution in [0.3, 0.4) is 0 Å². The number of hydrogen-bond acceptors (Lipinski definition) is 5. The number of aromatic nitrogens is 3. The Morgan fingerprint density at radius 1 is 1.48 bits per heavy atom. The van der Waals surface area contributed by atoms with E-state index in [1.165, 1.54) is 12.1 Å². The lowest BCUT2D eigenvalue weighted by Crippen LogP contribution is -2.14.